The van der Waals surface area contributed by atoms with Crippen molar-refractivity contribution in [3.63, 3.8) is 0 Å². The highest BCUT2D eigenvalue weighted by Crippen LogP contribution is 2.26. The normalized spacial score (nSPS) is 17.8. The molecule has 3 aromatic rings. The third-order valence-electron chi connectivity index (χ3n) is 5.60. The first-order chi connectivity index (χ1) is 13.7. The summed E-state index contributed by atoms with van der Waals surface area (Å²) in [6.45, 7) is 5.72. The van der Waals surface area contributed by atoms with Crippen LogP contribution in [0.25, 0.3) is 10.8 Å². The van der Waals surface area contributed by atoms with Gasteiger partial charge in [-0.05, 0) is 23.8 Å². The zero-order chi connectivity index (χ0) is 19.3. The van der Waals surface area contributed by atoms with Crippen molar-refractivity contribution in [3.8, 4) is 5.75 Å². The third kappa shape index (κ3) is 3.93. The summed E-state index contributed by atoms with van der Waals surface area (Å²) in [6, 6.07) is 22.7. The highest BCUT2D eigenvalue weighted by Gasteiger charge is 2.31. The highest BCUT2D eigenvalue weighted by atomic mass is 16.5. The molecule has 1 saturated heterocycles. The molecule has 4 nitrogen and oxygen atoms in total. The Morgan fingerprint density at radius 2 is 1.68 bits per heavy atom. The first-order valence-electron chi connectivity index (χ1n) is 9.95. The first kappa shape index (κ1) is 18.7. The summed E-state index contributed by atoms with van der Waals surface area (Å²) in [5.41, 5.74) is 2.08. The van der Waals surface area contributed by atoms with Crippen molar-refractivity contribution in [1.29, 1.82) is 0 Å². The van der Waals surface area contributed by atoms with Gasteiger partial charge in [0.1, 0.15) is 30.9 Å². The largest absolute Gasteiger partial charge is 0.507 e. The van der Waals surface area contributed by atoms with E-state index in [-0.39, 0.29) is 17.8 Å². The van der Waals surface area contributed by atoms with Crippen LogP contribution >= 0.6 is 0 Å². The van der Waals surface area contributed by atoms with E-state index in [9.17, 15) is 5.11 Å². The van der Waals surface area contributed by atoms with Crippen molar-refractivity contribution < 1.29 is 14.7 Å². The lowest BCUT2D eigenvalue weighted by Gasteiger charge is -2.33. The Morgan fingerprint density at radius 3 is 2.46 bits per heavy atom. The summed E-state index contributed by atoms with van der Waals surface area (Å²) < 4.78 is 5.57. The zero-order valence-electron chi connectivity index (χ0n) is 16.2. The number of quaternary nitrogens is 1. The molecule has 2 atom stereocenters. The Labute approximate surface area is 166 Å². The second-order valence-corrected chi connectivity index (χ2v) is 7.40. The molecule has 0 bridgehead atoms. The van der Waals surface area contributed by atoms with Gasteiger partial charge < -0.3 is 14.7 Å². The molecule has 0 spiro atoms. The topological polar surface area (TPSA) is 46.3 Å². The predicted octanol–water partition coefficient (Wildman–Crippen LogP) is 3.01. The highest BCUT2D eigenvalue weighted by molar-refractivity contribution is 6.02. The molecule has 0 aromatic heterocycles. The number of nitrogens with zero attached hydrogens (tertiary/aromatic N) is 1. The second-order valence-electron chi connectivity index (χ2n) is 7.40. The Hall–Kier alpha value is -2.69. The van der Waals surface area contributed by atoms with E-state index in [1.165, 1.54) is 10.5 Å². The van der Waals surface area contributed by atoms with Crippen LogP contribution in [0.5, 0.6) is 5.75 Å². The fraction of sp³-hybridized carbons (Fsp3) is 0.292. The van der Waals surface area contributed by atoms with Crippen molar-refractivity contribution in [2.75, 3.05) is 26.3 Å². The molecular formula is C24H27N2O2+. The van der Waals surface area contributed by atoms with E-state index >= 15 is 0 Å². The molecule has 0 unspecified atom stereocenters. The Balaban J connectivity index is 1.66. The second kappa shape index (κ2) is 8.55. The average Bonchev–Trinajstić information content (AvgIpc) is 2.75. The number of aliphatic imine (C=N–C) groups is 1. The minimum Gasteiger partial charge on any atom is -0.507 e. The average molecular weight is 375 g/mol. The van der Waals surface area contributed by atoms with Gasteiger partial charge in [-0.3, -0.25) is 4.99 Å². The summed E-state index contributed by atoms with van der Waals surface area (Å²) in [5.74, 6) is 0.268. The fourth-order valence-corrected chi connectivity index (χ4v) is 4.16. The maximum atomic E-state index is 10.4. The van der Waals surface area contributed by atoms with Gasteiger partial charge in [-0.15, -0.1) is 0 Å². The molecule has 1 fully saturated rings. The molecule has 4 heteroatoms. The fourth-order valence-electron chi connectivity index (χ4n) is 4.16. The molecule has 0 saturated carbocycles. The van der Waals surface area contributed by atoms with Crippen LogP contribution in [0, 0.1) is 0 Å². The Bertz CT molecular complexity index is 949. The molecule has 1 aliphatic rings. The van der Waals surface area contributed by atoms with Crippen molar-refractivity contribution >= 4 is 17.0 Å². The van der Waals surface area contributed by atoms with Crippen LogP contribution < -0.4 is 4.90 Å². The number of morpholine rings is 1. The summed E-state index contributed by atoms with van der Waals surface area (Å²) in [4.78, 5) is 6.41. The van der Waals surface area contributed by atoms with Crippen molar-refractivity contribution in [3.05, 3.63) is 77.9 Å². The lowest BCUT2D eigenvalue weighted by Crippen LogP contribution is -3.15. The van der Waals surface area contributed by atoms with E-state index < -0.39 is 0 Å². The molecule has 1 aliphatic heterocycles. The van der Waals surface area contributed by atoms with Gasteiger partial charge in [-0.1, -0.05) is 60.7 Å². The lowest BCUT2D eigenvalue weighted by atomic mass is 9.98. The number of hydrogen-bond acceptors (Lipinski definition) is 3. The van der Waals surface area contributed by atoms with E-state index in [4.69, 9.17) is 9.73 Å². The van der Waals surface area contributed by atoms with Crippen molar-refractivity contribution in [1.82, 2.24) is 0 Å². The van der Waals surface area contributed by atoms with Gasteiger partial charge in [0.05, 0.1) is 13.2 Å². The van der Waals surface area contributed by atoms with Gasteiger partial charge in [0.2, 0.25) is 0 Å². The number of benzene rings is 3. The van der Waals surface area contributed by atoms with Crippen molar-refractivity contribution in [2.45, 2.75) is 19.0 Å². The summed E-state index contributed by atoms with van der Waals surface area (Å²) in [7, 11) is 0. The Kier molecular flexibility index (Phi) is 5.70. The number of ether oxygens (including phenoxy) is 1. The number of rotatable bonds is 5. The zero-order valence-corrected chi connectivity index (χ0v) is 16.2. The molecule has 3 aromatic carbocycles. The van der Waals surface area contributed by atoms with E-state index in [1.54, 1.807) is 6.07 Å². The third-order valence-corrected chi connectivity index (χ3v) is 5.60. The van der Waals surface area contributed by atoms with Crippen LogP contribution in [0.3, 0.4) is 0 Å². The number of fused-ring (bicyclic) bond motifs is 1. The minimum atomic E-state index is 0.0777. The number of nitrogens with one attached hydrogen (secondary N) is 1. The number of phenols is 1. The molecule has 2 N–H and O–H groups in total. The number of phenolic OH excluding ortho intramolecular Hbond substituents is 1. The monoisotopic (exact) mass is 375 g/mol. The maximum absolute atomic E-state index is 10.4. The quantitative estimate of drug-likeness (QED) is 0.674. The van der Waals surface area contributed by atoms with Gasteiger partial charge >= 0.3 is 0 Å². The van der Waals surface area contributed by atoms with Crippen LogP contribution in [-0.2, 0) is 4.74 Å². The predicted molar refractivity (Wildman–Crippen MR) is 113 cm³/mol. The van der Waals surface area contributed by atoms with E-state index in [0.717, 1.165) is 42.6 Å². The summed E-state index contributed by atoms with van der Waals surface area (Å²) in [6.07, 6.45) is 1.85. The van der Waals surface area contributed by atoms with Crippen LogP contribution in [0.1, 0.15) is 24.1 Å². The molecule has 0 amide bonds. The van der Waals surface area contributed by atoms with Gasteiger partial charge in [-0.25, -0.2) is 0 Å². The SMILES string of the molecule is C[C@@H](N=Cc1c(O)ccc2ccccc12)[C@@H](c1ccccc1)[NH+]1CCOCC1. The van der Waals surface area contributed by atoms with E-state index in [0.29, 0.717) is 0 Å². The molecule has 4 rings (SSSR count). The summed E-state index contributed by atoms with van der Waals surface area (Å²) in [5, 5.41) is 12.5. The first-order valence-corrected chi connectivity index (χ1v) is 9.95. The van der Waals surface area contributed by atoms with Crippen molar-refractivity contribution in [2.24, 2.45) is 4.99 Å². The number of hydrogen-bond donors (Lipinski definition) is 2. The molecule has 0 radical (unpaired) electrons. The lowest BCUT2D eigenvalue weighted by molar-refractivity contribution is -0.940. The molecule has 28 heavy (non-hydrogen) atoms. The van der Waals surface area contributed by atoms with Gasteiger partial charge in [0.25, 0.3) is 0 Å². The molecular weight excluding hydrogens is 348 g/mol. The molecule has 144 valence electrons. The van der Waals surface area contributed by atoms with E-state index in [1.807, 2.05) is 30.5 Å². The minimum absolute atomic E-state index is 0.0777. The van der Waals surface area contributed by atoms with Gasteiger partial charge in [-0.2, -0.15) is 0 Å². The van der Waals surface area contributed by atoms with Gasteiger partial charge in [0.15, 0.2) is 0 Å². The van der Waals surface area contributed by atoms with E-state index in [2.05, 4.69) is 43.3 Å². The van der Waals surface area contributed by atoms with Crippen LogP contribution in [0.2, 0.25) is 0 Å². The molecule has 1 heterocycles. The van der Waals surface area contributed by atoms with Crippen LogP contribution in [0.4, 0.5) is 0 Å². The van der Waals surface area contributed by atoms with Crippen LogP contribution in [-0.4, -0.2) is 43.7 Å². The smallest absolute Gasteiger partial charge is 0.136 e. The number of aromatic hydroxyl groups is 1. The Morgan fingerprint density at radius 1 is 0.964 bits per heavy atom. The maximum Gasteiger partial charge on any atom is 0.136 e. The summed E-state index contributed by atoms with van der Waals surface area (Å²) >= 11 is 0. The standard InChI is InChI=1S/C24H26N2O2/c1-18(24(20-8-3-2-4-9-20)26-13-15-28-16-14-26)25-17-22-21-10-6-5-7-19(21)11-12-23(22)27/h2-12,17-18,24,27H,13-16H2,1H3/p+1/t18-,24+/m1/s1. The molecule has 0 aliphatic carbocycles. The van der Waals surface area contributed by atoms with Gasteiger partial charge in [0, 0.05) is 17.3 Å². The van der Waals surface area contributed by atoms with Crippen LogP contribution in [0.15, 0.2) is 71.7 Å².